The SMILES string of the molecule is C=CCOC(=O)NCc1ccc(C2OC(CN3C(C(=O)NC(C)(C)C)CCC4CCCCC43)C(C)C(c3ccc(CO)cc3)O2)cc1. The Morgan fingerprint density at radius 1 is 0.979 bits per heavy atom. The average molecular weight is 648 g/mol. The van der Waals surface area contributed by atoms with E-state index in [0.29, 0.717) is 25.0 Å². The number of fused-ring (bicyclic) bond motifs is 1. The second-order valence-corrected chi connectivity index (χ2v) is 14.4. The maximum Gasteiger partial charge on any atom is 0.407 e. The quantitative estimate of drug-likeness (QED) is 0.259. The fourth-order valence-corrected chi connectivity index (χ4v) is 7.42. The number of aliphatic hydroxyl groups excluding tert-OH is 1. The third-order valence-corrected chi connectivity index (χ3v) is 9.84. The molecule has 1 aliphatic carbocycles. The van der Waals surface area contributed by atoms with Crippen LogP contribution in [0.4, 0.5) is 4.79 Å². The normalized spacial score (nSPS) is 28.1. The Hall–Kier alpha value is -3.24. The predicted octanol–water partition coefficient (Wildman–Crippen LogP) is 6.32. The van der Waals surface area contributed by atoms with Gasteiger partial charge in [-0.25, -0.2) is 4.79 Å². The van der Waals surface area contributed by atoms with Crippen LogP contribution in [0.5, 0.6) is 0 Å². The van der Waals surface area contributed by atoms with Gasteiger partial charge in [-0.15, -0.1) is 0 Å². The average Bonchev–Trinajstić information content (AvgIpc) is 3.07. The zero-order chi connectivity index (χ0) is 33.6. The number of carbonyl (C=O) groups is 2. The van der Waals surface area contributed by atoms with Gasteiger partial charge in [-0.1, -0.05) is 81.0 Å². The predicted molar refractivity (Wildman–Crippen MR) is 181 cm³/mol. The van der Waals surface area contributed by atoms with Gasteiger partial charge < -0.3 is 30.0 Å². The Labute approximate surface area is 280 Å². The summed E-state index contributed by atoms with van der Waals surface area (Å²) in [5, 5.41) is 15.7. The highest BCUT2D eigenvalue weighted by Gasteiger charge is 2.46. The molecule has 7 atom stereocenters. The number of hydrogen-bond donors (Lipinski definition) is 3. The van der Waals surface area contributed by atoms with Gasteiger partial charge in [0.05, 0.1) is 24.9 Å². The van der Waals surface area contributed by atoms with Gasteiger partial charge in [0.1, 0.15) is 6.61 Å². The molecule has 2 aliphatic heterocycles. The van der Waals surface area contributed by atoms with Gasteiger partial charge in [0.2, 0.25) is 5.91 Å². The number of nitrogens with zero attached hydrogens (tertiary/aromatic N) is 1. The summed E-state index contributed by atoms with van der Waals surface area (Å²) in [5.74, 6) is 0.712. The summed E-state index contributed by atoms with van der Waals surface area (Å²) in [7, 11) is 0. The number of hydrogen-bond acceptors (Lipinski definition) is 7. The molecule has 2 aromatic carbocycles. The Morgan fingerprint density at radius 2 is 1.66 bits per heavy atom. The first-order valence-electron chi connectivity index (χ1n) is 17.2. The zero-order valence-electron chi connectivity index (χ0n) is 28.5. The monoisotopic (exact) mass is 647 g/mol. The number of nitrogens with one attached hydrogen (secondary N) is 2. The molecule has 256 valence electrons. The summed E-state index contributed by atoms with van der Waals surface area (Å²) < 4.78 is 18.6. The highest BCUT2D eigenvalue weighted by atomic mass is 16.7. The van der Waals surface area contributed by atoms with Crippen LogP contribution < -0.4 is 10.6 Å². The van der Waals surface area contributed by atoms with Crippen LogP contribution in [0.1, 0.15) is 101 Å². The molecule has 3 N–H and O–H groups in total. The number of alkyl carbamates (subject to hydrolysis) is 1. The van der Waals surface area contributed by atoms with Crippen LogP contribution in [0, 0.1) is 11.8 Å². The van der Waals surface area contributed by atoms with Crippen LogP contribution >= 0.6 is 0 Å². The maximum atomic E-state index is 13.8. The minimum Gasteiger partial charge on any atom is -0.445 e. The van der Waals surface area contributed by atoms with Crippen LogP contribution in [0.25, 0.3) is 0 Å². The Bertz CT molecular complexity index is 1340. The fourth-order valence-electron chi connectivity index (χ4n) is 7.42. The molecule has 0 aromatic heterocycles. The van der Waals surface area contributed by atoms with Crippen molar-refractivity contribution < 1.29 is 28.9 Å². The Balaban J connectivity index is 1.40. The van der Waals surface area contributed by atoms with Crippen molar-refractivity contribution in [2.75, 3.05) is 13.2 Å². The summed E-state index contributed by atoms with van der Waals surface area (Å²) in [4.78, 5) is 28.1. The number of ether oxygens (including phenoxy) is 3. The molecule has 47 heavy (non-hydrogen) atoms. The number of carbonyl (C=O) groups excluding carboxylic acids is 2. The van der Waals surface area contributed by atoms with E-state index < -0.39 is 12.4 Å². The second kappa shape index (κ2) is 15.8. The van der Waals surface area contributed by atoms with Crippen molar-refractivity contribution in [2.45, 2.75) is 115 Å². The van der Waals surface area contributed by atoms with E-state index >= 15 is 0 Å². The standard InChI is InChI=1S/C38H53N3O6/c1-6-21-45-37(44)39-22-26-11-17-30(18-12-26)36-46-33(25(2)34(47-36)29-15-13-27(24-42)14-16-29)23-41-31-10-8-7-9-28(31)19-20-32(41)35(43)40-38(3,4)5/h6,11-18,25,28,31-34,36,42H,1,7-10,19-24H2,2-5H3,(H,39,44)(H,40,43). The van der Waals surface area contributed by atoms with E-state index in [1.165, 1.54) is 25.3 Å². The van der Waals surface area contributed by atoms with Crippen molar-refractivity contribution in [3.63, 3.8) is 0 Å². The number of aliphatic hydroxyl groups is 1. The van der Waals surface area contributed by atoms with Gasteiger partial charge in [-0.2, -0.15) is 0 Å². The Kier molecular flexibility index (Phi) is 11.8. The van der Waals surface area contributed by atoms with E-state index in [9.17, 15) is 14.7 Å². The summed E-state index contributed by atoms with van der Waals surface area (Å²) in [5.41, 5.74) is 3.38. The number of benzene rings is 2. The highest BCUT2D eigenvalue weighted by molar-refractivity contribution is 5.82. The largest absolute Gasteiger partial charge is 0.445 e. The molecule has 3 aliphatic rings. The molecule has 9 heteroatoms. The summed E-state index contributed by atoms with van der Waals surface area (Å²) in [6.07, 6.45) is 6.68. The van der Waals surface area contributed by atoms with Crippen molar-refractivity contribution in [3.05, 3.63) is 83.4 Å². The first kappa shape index (κ1) is 35.1. The number of rotatable bonds is 10. The summed E-state index contributed by atoms with van der Waals surface area (Å²) >= 11 is 0. The van der Waals surface area contributed by atoms with Gasteiger partial charge in [0, 0.05) is 36.2 Å². The first-order chi connectivity index (χ1) is 22.6. The molecule has 7 unspecified atom stereocenters. The van der Waals surface area contributed by atoms with Crippen LogP contribution in [-0.4, -0.2) is 58.9 Å². The third kappa shape index (κ3) is 9.02. The maximum absolute atomic E-state index is 13.8. The Morgan fingerprint density at radius 3 is 2.34 bits per heavy atom. The van der Waals surface area contributed by atoms with E-state index in [1.54, 1.807) is 0 Å². The van der Waals surface area contributed by atoms with Gasteiger partial charge >= 0.3 is 6.09 Å². The molecule has 0 spiro atoms. The number of piperidine rings is 1. The molecular formula is C38H53N3O6. The highest BCUT2D eigenvalue weighted by Crippen LogP contribution is 2.44. The molecule has 0 bridgehead atoms. The molecule has 1 saturated carbocycles. The molecule has 9 nitrogen and oxygen atoms in total. The summed E-state index contributed by atoms with van der Waals surface area (Å²) in [6, 6.07) is 16.0. The van der Waals surface area contributed by atoms with Gasteiger partial charge in [0.15, 0.2) is 6.29 Å². The topological polar surface area (TPSA) is 109 Å². The van der Waals surface area contributed by atoms with Crippen molar-refractivity contribution in [3.8, 4) is 0 Å². The second-order valence-electron chi connectivity index (χ2n) is 14.4. The third-order valence-electron chi connectivity index (χ3n) is 9.84. The fraction of sp³-hybridized carbons (Fsp3) is 0.579. The van der Waals surface area contributed by atoms with Crippen molar-refractivity contribution in [1.82, 2.24) is 15.5 Å². The van der Waals surface area contributed by atoms with Crippen LogP contribution in [-0.2, 0) is 32.2 Å². The van der Waals surface area contributed by atoms with Crippen molar-refractivity contribution in [2.24, 2.45) is 11.8 Å². The molecule has 2 amide bonds. The lowest BCUT2D eigenvalue weighted by atomic mass is 9.75. The lowest BCUT2D eigenvalue weighted by Gasteiger charge is -2.51. The molecular weight excluding hydrogens is 594 g/mol. The minimum absolute atomic E-state index is 0.00609. The van der Waals surface area contributed by atoms with Crippen molar-refractivity contribution >= 4 is 12.0 Å². The molecule has 3 fully saturated rings. The molecule has 2 heterocycles. The molecule has 2 saturated heterocycles. The van der Waals surface area contributed by atoms with Crippen LogP contribution in [0.3, 0.4) is 0 Å². The van der Waals surface area contributed by atoms with E-state index in [2.05, 4.69) is 29.0 Å². The molecule has 2 aromatic rings. The van der Waals surface area contributed by atoms with Gasteiger partial charge in [-0.3, -0.25) is 9.69 Å². The number of likely N-dealkylation sites (tertiary alicyclic amines) is 1. The van der Waals surface area contributed by atoms with E-state index in [4.69, 9.17) is 14.2 Å². The smallest absolute Gasteiger partial charge is 0.407 e. The van der Waals surface area contributed by atoms with Crippen LogP contribution in [0.15, 0.2) is 61.2 Å². The molecule has 0 radical (unpaired) electrons. The van der Waals surface area contributed by atoms with Crippen molar-refractivity contribution in [1.29, 1.82) is 0 Å². The minimum atomic E-state index is -0.618. The number of amides is 2. The van der Waals surface area contributed by atoms with E-state index in [-0.39, 0.29) is 48.8 Å². The first-order valence-corrected chi connectivity index (χ1v) is 17.2. The summed E-state index contributed by atoms with van der Waals surface area (Å²) in [6.45, 7) is 13.0. The van der Waals surface area contributed by atoms with E-state index in [1.807, 2.05) is 69.3 Å². The van der Waals surface area contributed by atoms with Gasteiger partial charge in [-0.05, 0) is 69.1 Å². The van der Waals surface area contributed by atoms with Gasteiger partial charge in [0.25, 0.3) is 0 Å². The zero-order valence-corrected chi connectivity index (χ0v) is 28.5. The lowest BCUT2D eigenvalue weighted by molar-refractivity contribution is -0.278. The van der Waals surface area contributed by atoms with E-state index in [0.717, 1.165) is 41.5 Å². The lowest BCUT2D eigenvalue weighted by Crippen LogP contribution is -2.61. The van der Waals surface area contributed by atoms with Crippen LogP contribution in [0.2, 0.25) is 0 Å². The molecule has 5 rings (SSSR count).